The Morgan fingerprint density at radius 3 is 2.58 bits per heavy atom. The monoisotopic (exact) mass is 297 g/mol. The number of nitrogen functional groups attached to an aromatic ring is 1. The summed E-state index contributed by atoms with van der Waals surface area (Å²) in [4.78, 5) is 4.40. The lowest BCUT2D eigenvalue weighted by Gasteiger charge is -2.04. The van der Waals surface area contributed by atoms with Gasteiger partial charge in [-0.05, 0) is 24.0 Å². The largest absolute Gasteiger partial charge is 0.397 e. The molecule has 4 nitrogen and oxygen atoms in total. The second kappa shape index (κ2) is 4.12. The van der Waals surface area contributed by atoms with E-state index in [9.17, 15) is 0 Å². The van der Waals surface area contributed by atoms with Gasteiger partial charge < -0.3 is 10.3 Å². The van der Waals surface area contributed by atoms with E-state index in [0.717, 1.165) is 6.42 Å². The van der Waals surface area contributed by atoms with Gasteiger partial charge in [0, 0.05) is 5.92 Å². The van der Waals surface area contributed by atoms with E-state index in [1.807, 2.05) is 0 Å². The lowest BCUT2D eigenvalue weighted by Crippen LogP contribution is -1.94. The van der Waals surface area contributed by atoms with Crippen molar-refractivity contribution in [1.82, 2.24) is 10.1 Å². The van der Waals surface area contributed by atoms with Gasteiger partial charge in [0.05, 0.1) is 21.3 Å². The number of halogens is 2. The molecular formula is C13H13Cl2N3O. The molecule has 6 heteroatoms. The van der Waals surface area contributed by atoms with Crippen molar-refractivity contribution in [2.24, 2.45) is 5.41 Å². The Kier molecular flexibility index (Phi) is 2.76. The minimum atomic E-state index is 0.241. The Bertz CT molecular complexity index is 651. The molecule has 1 saturated carbocycles. The fourth-order valence-electron chi connectivity index (χ4n) is 2.17. The predicted molar refractivity (Wildman–Crippen MR) is 75.3 cm³/mol. The molecule has 1 aliphatic carbocycles. The first kappa shape index (κ1) is 12.8. The molecule has 100 valence electrons. The SMILES string of the molecule is CC1(C)CC1c1noc(-c2c(Cl)ccc(Cl)c2N)n1. The maximum atomic E-state index is 6.13. The predicted octanol–water partition coefficient (Wildman–Crippen LogP) is 4.14. The van der Waals surface area contributed by atoms with Gasteiger partial charge in [-0.1, -0.05) is 42.2 Å². The summed E-state index contributed by atoms with van der Waals surface area (Å²) in [5, 5.41) is 4.89. The summed E-state index contributed by atoms with van der Waals surface area (Å²) in [5.41, 5.74) is 7.03. The van der Waals surface area contributed by atoms with E-state index in [0.29, 0.717) is 38.9 Å². The Labute approximate surface area is 120 Å². The minimum Gasteiger partial charge on any atom is -0.397 e. The highest BCUT2D eigenvalue weighted by Crippen LogP contribution is 2.57. The van der Waals surface area contributed by atoms with Crippen LogP contribution in [-0.4, -0.2) is 10.1 Å². The van der Waals surface area contributed by atoms with Gasteiger partial charge in [-0.2, -0.15) is 4.98 Å². The summed E-state index contributed by atoms with van der Waals surface area (Å²) in [6, 6.07) is 3.31. The summed E-state index contributed by atoms with van der Waals surface area (Å²) in [7, 11) is 0. The van der Waals surface area contributed by atoms with Crippen molar-refractivity contribution in [3.63, 3.8) is 0 Å². The number of aromatic nitrogens is 2. The quantitative estimate of drug-likeness (QED) is 0.846. The third kappa shape index (κ3) is 2.09. The minimum absolute atomic E-state index is 0.241. The van der Waals surface area contributed by atoms with Crippen LogP contribution in [0.1, 0.15) is 32.0 Å². The molecule has 1 aromatic carbocycles. The average molecular weight is 298 g/mol. The van der Waals surface area contributed by atoms with Gasteiger partial charge in [0.25, 0.3) is 5.89 Å². The molecule has 1 atom stereocenters. The number of rotatable bonds is 2. The third-order valence-corrected chi connectivity index (χ3v) is 4.27. The molecular weight excluding hydrogens is 285 g/mol. The molecule has 0 spiro atoms. The van der Waals surface area contributed by atoms with Gasteiger partial charge in [0.15, 0.2) is 5.82 Å². The molecule has 0 bridgehead atoms. The summed E-state index contributed by atoms with van der Waals surface area (Å²) < 4.78 is 5.28. The van der Waals surface area contributed by atoms with Crippen LogP contribution >= 0.6 is 23.2 Å². The van der Waals surface area contributed by atoms with Crippen LogP contribution in [0, 0.1) is 5.41 Å². The van der Waals surface area contributed by atoms with Gasteiger partial charge in [-0.3, -0.25) is 0 Å². The third-order valence-electron chi connectivity index (χ3n) is 3.62. The summed E-state index contributed by atoms with van der Waals surface area (Å²) in [6.45, 7) is 4.35. The Morgan fingerprint density at radius 2 is 1.95 bits per heavy atom. The van der Waals surface area contributed by atoms with Crippen molar-refractivity contribution in [2.45, 2.75) is 26.2 Å². The smallest absolute Gasteiger partial charge is 0.261 e. The molecule has 0 radical (unpaired) electrons. The molecule has 0 amide bonds. The summed E-state index contributed by atoms with van der Waals surface area (Å²) in [6.07, 6.45) is 1.06. The molecule has 3 rings (SSSR count). The van der Waals surface area contributed by atoms with E-state index in [2.05, 4.69) is 24.0 Å². The Balaban J connectivity index is 2.02. The highest BCUT2D eigenvalue weighted by atomic mass is 35.5. The van der Waals surface area contributed by atoms with Crippen molar-refractivity contribution in [2.75, 3.05) is 5.73 Å². The number of hydrogen-bond donors (Lipinski definition) is 1. The molecule has 1 heterocycles. The maximum absolute atomic E-state index is 6.13. The number of anilines is 1. The standard InChI is InChI=1S/C13H13Cl2N3O/c1-13(2)5-6(13)11-17-12(19-18-11)9-7(14)3-4-8(15)10(9)16/h3-4,6H,5,16H2,1-2H3. The van der Waals surface area contributed by atoms with Crippen molar-refractivity contribution < 1.29 is 4.52 Å². The lowest BCUT2D eigenvalue weighted by molar-refractivity contribution is 0.419. The molecule has 0 aliphatic heterocycles. The van der Waals surface area contributed by atoms with Crippen LogP contribution in [0.15, 0.2) is 16.7 Å². The van der Waals surface area contributed by atoms with E-state index >= 15 is 0 Å². The summed E-state index contributed by atoms with van der Waals surface area (Å²) in [5.74, 6) is 1.36. The first-order valence-electron chi connectivity index (χ1n) is 5.97. The molecule has 1 fully saturated rings. The first-order chi connectivity index (χ1) is 8.90. The van der Waals surface area contributed by atoms with Crippen LogP contribution in [0.4, 0.5) is 5.69 Å². The fraction of sp³-hybridized carbons (Fsp3) is 0.385. The van der Waals surface area contributed by atoms with E-state index < -0.39 is 0 Å². The zero-order valence-electron chi connectivity index (χ0n) is 10.6. The van der Waals surface area contributed by atoms with E-state index in [1.54, 1.807) is 12.1 Å². The van der Waals surface area contributed by atoms with Crippen LogP contribution < -0.4 is 5.73 Å². The van der Waals surface area contributed by atoms with Gasteiger partial charge in [-0.15, -0.1) is 0 Å². The Morgan fingerprint density at radius 1 is 1.32 bits per heavy atom. The first-order valence-corrected chi connectivity index (χ1v) is 6.73. The van der Waals surface area contributed by atoms with Gasteiger partial charge in [0.1, 0.15) is 0 Å². The lowest BCUT2D eigenvalue weighted by atomic mass is 10.1. The zero-order valence-corrected chi connectivity index (χ0v) is 12.1. The number of nitrogens with two attached hydrogens (primary N) is 1. The highest BCUT2D eigenvalue weighted by molar-refractivity contribution is 6.37. The van der Waals surface area contributed by atoms with Crippen LogP contribution in [0.3, 0.4) is 0 Å². The van der Waals surface area contributed by atoms with Crippen LogP contribution in [-0.2, 0) is 0 Å². The second-order valence-corrected chi connectivity index (χ2v) is 6.34. The molecule has 0 saturated heterocycles. The van der Waals surface area contributed by atoms with Crippen molar-refractivity contribution in [3.05, 3.63) is 28.0 Å². The fourth-order valence-corrected chi connectivity index (χ4v) is 2.57. The van der Waals surface area contributed by atoms with Crippen LogP contribution in [0.25, 0.3) is 11.5 Å². The summed E-state index contributed by atoms with van der Waals surface area (Å²) >= 11 is 12.1. The van der Waals surface area contributed by atoms with Crippen LogP contribution in [0.2, 0.25) is 10.0 Å². The number of benzene rings is 1. The molecule has 2 N–H and O–H groups in total. The normalized spacial score (nSPS) is 20.5. The second-order valence-electron chi connectivity index (χ2n) is 5.52. The van der Waals surface area contributed by atoms with E-state index in [1.165, 1.54) is 0 Å². The van der Waals surface area contributed by atoms with Crippen LogP contribution in [0.5, 0.6) is 0 Å². The molecule has 1 aromatic heterocycles. The number of nitrogens with zero attached hydrogens (tertiary/aromatic N) is 2. The van der Waals surface area contributed by atoms with Gasteiger partial charge in [0.2, 0.25) is 0 Å². The van der Waals surface area contributed by atoms with E-state index in [-0.39, 0.29) is 5.41 Å². The molecule has 19 heavy (non-hydrogen) atoms. The Hall–Kier alpha value is -1.26. The molecule has 2 aromatic rings. The van der Waals surface area contributed by atoms with Crippen molar-refractivity contribution in [1.29, 1.82) is 0 Å². The van der Waals surface area contributed by atoms with Crippen molar-refractivity contribution in [3.8, 4) is 11.5 Å². The van der Waals surface area contributed by atoms with E-state index in [4.69, 9.17) is 33.5 Å². The average Bonchev–Trinajstić information content (AvgIpc) is 2.76. The van der Waals surface area contributed by atoms with Gasteiger partial charge >= 0.3 is 0 Å². The molecule has 1 aliphatic rings. The van der Waals surface area contributed by atoms with Crippen molar-refractivity contribution >= 4 is 28.9 Å². The van der Waals surface area contributed by atoms with Gasteiger partial charge in [-0.25, -0.2) is 0 Å². The number of hydrogen-bond acceptors (Lipinski definition) is 4. The molecule has 1 unspecified atom stereocenters. The topological polar surface area (TPSA) is 64.9 Å². The zero-order chi connectivity index (χ0) is 13.8. The maximum Gasteiger partial charge on any atom is 0.261 e. The highest BCUT2D eigenvalue weighted by Gasteiger charge is 2.49.